The van der Waals surface area contributed by atoms with E-state index < -0.39 is 12.1 Å². The summed E-state index contributed by atoms with van der Waals surface area (Å²) in [5.41, 5.74) is 1.69. The second kappa shape index (κ2) is 5.88. The molecule has 0 amide bonds. The number of nitrogens with one attached hydrogen (secondary N) is 1. The van der Waals surface area contributed by atoms with Gasteiger partial charge < -0.3 is 15.0 Å². The highest BCUT2D eigenvalue weighted by Gasteiger charge is 2.33. The van der Waals surface area contributed by atoms with Crippen LogP contribution in [0.25, 0.3) is 0 Å². The smallest absolute Gasteiger partial charge is 0.386 e. The van der Waals surface area contributed by atoms with Gasteiger partial charge in [0, 0.05) is 6.20 Å². The number of ether oxygens (including phenoxy) is 1. The molecule has 0 fully saturated rings. The zero-order valence-corrected chi connectivity index (χ0v) is 11.6. The minimum atomic E-state index is -0.775. The molecule has 0 saturated heterocycles. The topological polar surface area (TPSA) is 60.0 Å². The Labute approximate surface area is 122 Å². The van der Waals surface area contributed by atoms with E-state index in [2.05, 4.69) is 5.32 Å². The predicted molar refractivity (Wildman–Crippen MR) is 73.9 cm³/mol. The third-order valence-electron chi connectivity index (χ3n) is 3.21. The van der Waals surface area contributed by atoms with Crippen molar-refractivity contribution in [1.82, 2.24) is 10.2 Å². The number of carbonyl (C=O) groups is 1. The van der Waals surface area contributed by atoms with Gasteiger partial charge in [-0.05, 0) is 18.1 Å². The molecule has 6 heteroatoms. The molecule has 0 aliphatic carbocycles. The van der Waals surface area contributed by atoms with E-state index in [1.807, 2.05) is 48.4 Å². The Balaban J connectivity index is 1.55. The third-order valence-corrected chi connectivity index (χ3v) is 3.21. The van der Waals surface area contributed by atoms with Crippen LogP contribution in [-0.2, 0) is 25.9 Å². The van der Waals surface area contributed by atoms with Crippen molar-refractivity contribution in [3.63, 3.8) is 0 Å². The summed E-state index contributed by atoms with van der Waals surface area (Å²) in [6, 6.07) is 9.48. The summed E-state index contributed by atoms with van der Waals surface area (Å²) in [4.78, 5) is 23.7. The molecule has 6 nitrogen and oxygen atoms in total. The molecule has 2 aliphatic heterocycles. The van der Waals surface area contributed by atoms with Gasteiger partial charge in [-0.1, -0.05) is 30.3 Å². The molecule has 3 rings (SSSR count). The Morgan fingerprint density at radius 1 is 1.43 bits per heavy atom. The van der Waals surface area contributed by atoms with Gasteiger partial charge in [0.2, 0.25) is 12.0 Å². The van der Waals surface area contributed by atoms with E-state index in [0.29, 0.717) is 12.6 Å². The van der Waals surface area contributed by atoms with Gasteiger partial charge in [-0.15, -0.1) is 0 Å². The quantitative estimate of drug-likeness (QED) is 0.671. The van der Waals surface area contributed by atoms with Gasteiger partial charge in [0.15, 0.2) is 0 Å². The molecule has 0 saturated carbocycles. The molecule has 0 aromatic heterocycles. The molecule has 1 aromatic carbocycles. The molecule has 1 atom stereocenters. The first-order valence-electron chi connectivity index (χ1n) is 6.66. The van der Waals surface area contributed by atoms with E-state index in [9.17, 15) is 4.79 Å². The Bertz CT molecular complexity index is 583. The van der Waals surface area contributed by atoms with Crippen molar-refractivity contribution in [1.29, 1.82) is 0 Å². The van der Waals surface area contributed by atoms with E-state index >= 15 is 0 Å². The molecular formula is C15H16N2O4. The normalized spacial score (nSPS) is 19.9. The molecule has 1 unspecified atom stereocenters. The average molecular weight is 288 g/mol. The van der Waals surface area contributed by atoms with Crippen LogP contribution in [0.3, 0.4) is 0 Å². The van der Waals surface area contributed by atoms with Gasteiger partial charge in [0.05, 0.1) is 12.9 Å². The van der Waals surface area contributed by atoms with E-state index in [1.54, 1.807) is 6.20 Å². The van der Waals surface area contributed by atoms with Crippen molar-refractivity contribution in [3.05, 3.63) is 59.8 Å². The Hall–Kier alpha value is -2.47. The maximum atomic E-state index is 12.0. The SMILES string of the molecule is CC1=CN2CNC=C2OC1C(=O)OOCc1ccccc1. The van der Waals surface area contributed by atoms with Crippen LogP contribution in [-0.4, -0.2) is 23.6 Å². The molecule has 1 aromatic rings. The lowest BCUT2D eigenvalue weighted by molar-refractivity contribution is -0.285. The summed E-state index contributed by atoms with van der Waals surface area (Å²) >= 11 is 0. The molecule has 2 heterocycles. The number of fused-ring (bicyclic) bond motifs is 1. The number of nitrogens with zero attached hydrogens (tertiary/aromatic N) is 1. The zero-order chi connectivity index (χ0) is 14.7. The van der Waals surface area contributed by atoms with Crippen LogP contribution in [0.1, 0.15) is 12.5 Å². The Morgan fingerprint density at radius 3 is 3.05 bits per heavy atom. The van der Waals surface area contributed by atoms with Crippen LogP contribution < -0.4 is 5.32 Å². The highest BCUT2D eigenvalue weighted by atomic mass is 17.2. The Kier molecular flexibility index (Phi) is 3.79. The summed E-state index contributed by atoms with van der Waals surface area (Å²) in [5, 5.41) is 3.02. The highest BCUT2D eigenvalue weighted by molar-refractivity contribution is 5.78. The molecule has 2 aliphatic rings. The fourth-order valence-corrected chi connectivity index (χ4v) is 2.14. The van der Waals surface area contributed by atoms with Crippen molar-refractivity contribution in [2.75, 3.05) is 6.67 Å². The summed E-state index contributed by atoms with van der Waals surface area (Å²) in [5.74, 6) is 0.0396. The molecule has 1 N–H and O–H groups in total. The van der Waals surface area contributed by atoms with E-state index in [1.165, 1.54) is 0 Å². The largest absolute Gasteiger partial charge is 0.458 e. The van der Waals surface area contributed by atoms with Gasteiger partial charge in [-0.3, -0.25) is 4.89 Å². The van der Waals surface area contributed by atoms with Gasteiger partial charge in [0.25, 0.3) is 0 Å². The number of rotatable bonds is 4. The first-order valence-corrected chi connectivity index (χ1v) is 6.66. The molecule has 21 heavy (non-hydrogen) atoms. The van der Waals surface area contributed by atoms with Gasteiger partial charge >= 0.3 is 5.97 Å². The van der Waals surface area contributed by atoms with Crippen LogP contribution in [0.2, 0.25) is 0 Å². The predicted octanol–water partition coefficient (Wildman–Crippen LogP) is 1.63. The van der Waals surface area contributed by atoms with Crippen LogP contribution in [0, 0.1) is 0 Å². The summed E-state index contributed by atoms with van der Waals surface area (Å²) in [7, 11) is 0. The fourth-order valence-electron chi connectivity index (χ4n) is 2.14. The van der Waals surface area contributed by atoms with E-state index in [-0.39, 0.29) is 6.61 Å². The lowest BCUT2D eigenvalue weighted by Gasteiger charge is -2.28. The van der Waals surface area contributed by atoms with Gasteiger partial charge in [0.1, 0.15) is 6.61 Å². The van der Waals surface area contributed by atoms with Crippen LogP contribution in [0.4, 0.5) is 0 Å². The molecular weight excluding hydrogens is 272 g/mol. The fraction of sp³-hybridized carbons (Fsp3) is 0.267. The minimum absolute atomic E-state index is 0.207. The standard InChI is InChI=1S/C15H16N2O4/c1-11-8-17-10-16-7-13(17)20-14(11)15(18)21-19-9-12-5-3-2-4-6-12/h2-8,14,16H,9-10H2,1H3. The monoisotopic (exact) mass is 288 g/mol. The second-order valence-electron chi connectivity index (χ2n) is 4.84. The van der Waals surface area contributed by atoms with E-state index in [0.717, 1.165) is 11.1 Å². The lowest BCUT2D eigenvalue weighted by Crippen LogP contribution is -2.35. The maximum absolute atomic E-state index is 12.0. The summed E-state index contributed by atoms with van der Waals surface area (Å²) in [6.07, 6.45) is 2.80. The summed E-state index contributed by atoms with van der Waals surface area (Å²) < 4.78 is 5.59. The molecule has 0 spiro atoms. The van der Waals surface area contributed by atoms with Crippen LogP contribution >= 0.6 is 0 Å². The first-order chi connectivity index (χ1) is 10.2. The van der Waals surface area contributed by atoms with Crippen LogP contribution in [0.5, 0.6) is 0 Å². The third kappa shape index (κ3) is 3.00. The van der Waals surface area contributed by atoms with Crippen molar-refractivity contribution in [2.45, 2.75) is 19.6 Å². The van der Waals surface area contributed by atoms with Crippen molar-refractivity contribution in [2.24, 2.45) is 0 Å². The lowest BCUT2D eigenvalue weighted by atomic mass is 10.1. The molecule has 0 bridgehead atoms. The number of hydrogen-bond donors (Lipinski definition) is 1. The molecule has 110 valence electrons. The Morgan fingerprint density at radius 2 is 2.24 bits per heavy atom. The van der Waals surface area contributed by atoms with Crippen LogP contribution in [0.15, 0.2) is 54.2 Å². The van der Waals surface area contributed by atoms with Gasteiger partial charge in [-0.25, -0.2) is 4.79 Å². The van der Waals surface area contributed by atoms with E-state index in [4.69, 9.17) is 14.5 Å². The zero-order valence-electron chi connectivity index (χ0n) is 11.6. The highest BCUT2D eigenvalue weighted by Crippen LogP contribution is 2.24. The maximum Gasteiger partial charge on any atom is 0.386 e. The van der Waals surface area contributed by atoms with Crippen molar-refractivity contribution in [3.8, 4) is 0 Å². The van der Waals surface area contributed by atoms with Crippen molar-refractivity contribution < 1.29 is 19.3 Å². The van der Waals surface area contributed by atoms with Crippen molar-refractivity contribution >= 4 is 5.97 Å². The number of carbonyl (C=O) groups excluding carboxylic acids is 1. The second-order valence-corrected chi connectivity index (χ2v) is 4.84. The minimum Gasteiger partial charge on any atom is -0.458 e. The summed E-state index contributed by atoms with van der Waals surface area (Å²) in [6.45, 7) is 2.66. The number of benzene rings is 1. The average Bonchev–Trinajstić information content (AvgIpc) is 2.94. The first kappa shape index (κ1) is 13.5. The molecule has 0 radical (unpaired) electrons. The number of hydrogen-bond acceptors (Lipinski definition) is 6. The van der Waals surface area contributed by atoms with Gasteiger partial charge in [-0.2, -0.15) is 4.89 Å².